The van der Waals surface area contributed by atoms with Crippen molar-refractivity contribution < 1.29 is 9.47 Å². The molecule has 2 atom stereocenters. The average molecular weight is 465 g/mol. The summed E-state index contributed by atoms with van der Waals surface area (Å²) in [7, 11) is 0. The van der Waals surface area contributed by atoms with Gasteiger partial charge in [-0.25, -0.2) is 4.99 Å². The molecule has 1 saturated heterocycles. The zero-order chi connectivity index (χ0) is 23.0. The van der Waals surface area contributed by atoms with Gasteiger partial charge in [0.25, 0.3) is 5.56 Å². The van der Waals surface area contributed by atoms with Gasteiger partial charge in [-0.3, -0.25) is 19.6 Å². The summed E-state index contributed by atoms with van der Waals surface area (Å²) in [6.07, 6.45) is 3.45. The van der Waals surface area contributed by atoms with Crippen molar-refractivity contribution in [3.8, 4) is 5.75 Å². The third-order valence-corrected chi connectivity index (χ3v) is 7.26. The molecule has 0 aliphatic carbocycles. The molecule has 33 heavy (non-hydrogen) atoms. The van der Waals surface area contributed by atoms with Crippen LogP contribution in [0.2, 0.25) is 0 Å². The number of aromatic nitrogens is 3. The topological polar surface area (TPSA) is 81.5 Å². The van der Waals surface area contributed by atoms with Gasteiger partial charge in [0.15, 0.2) is 5.82 Å². The number of nitrogens with zero attached hydrogens (tertiary/aromatic N) is 3. The summed E-state index contributed by atoms with van der Waals surface area (Å²) in [5.74, 6) is 1.52. The normalized spacial score (nSPS) is 21.8. The van der Waals surface area contributed by atoms with Crippen molar-refractivity contribution in [2.75, 3.05) is 6.61 Å². The lowest BCUT2D eigenvalue weighted by Gasteiger charge is -2.36. The van der Waals surface area contributed by atoms with Crippen molar-refractivity contribution in [2.45, 2.75) is 57.1 Å². The smallest absolute Gasteiger partial charge is 0.271 e. The maximum atomic E-state index is 13.1. The van der Waals surface area contributed by atoms with E-state index in [1.807, 2.05) is 54.1 Å². The summed E-state index contributed by atoms with van der Waals surface area (Å²) < 4.78 is 13.7. The van der Waals surface area contributed by atoms with Crippen LogP contribution in [0.4, 0.5) is 5.82 Å². The second-order valence-corrected chi connectivity index (χ2v) is 10.4. The van der Waals surface area contributed by atoms with Gasteiger partial charge in [-0.05, 0) is 63.4 Å². The highest BCUT2D eigenvalue weighted by atomic mass is 32.2. The molecule has 0 spiro atoms. The molecule has 172 valence electrons. The van der Waals surface area contributed by atoms with E-state index in [0.717, 1.165) is 46.3 Å². The molecule has 0 amide bonds. The fourth-order valence-electron chi connectivity index (χ4n) is 4.51. The molecule has 5 rings (SSSR count). The third kappa shape index (κ3) is 4.63. The summed E-state index contributed by atoms with van der Waals surface area (Å²) in [4.78, 5) is 22.2. The number of benzene rings is 1. The molecule has 2 aromatic heterocycles. The minimum Gasteiger partial charge on any atom is -0.487 e. The van der Waals surface area contributed by atoms with E-state index >= 15 is 0 Å². The molecule has 8 heteroatoms. The van der Waals surface area contributed by atoms with Crippen LogP contribution in [-0.4, -0.2) is 32.0 Å². The van der Waals surface area contributed by atoms with Gasteiger partial charge in [-0.2, -0.15) is 0 Å². The molecule has 4 heterocycles. The Labute approximate surface area is 197 Å². The van der Waals surface area contributed by atoms with Gasteiger partial charge in [0.1, 0.15) is 12.4 Å². The van der Waals surface area contributed by atoms with Gasteiger partial charge in [0.2, 0.25) is 0 Å². The number of pyridine rings is 1. The molecule has 0 radical (unpaired) electrons. The predicted octanol–water partition coefficient (Wildman–Crippen LogP) is 5.17. The van der Waals surface area contributed by atoms with E-state index in [1.165, 1.54) is 0 Å². The van der Waals surface area contributed by atoms with Gasteiger partial charge in [-0.1, -0.05) is 30.0 Å². The van der Waals surface area contributed by atoms with Crippen LogP contribution in [0.1, 0.15) is 61.7 Å². The highest BCUT2D eigenvalue weighted by molar-refractivity contribution is 8.14. The largest absolute Gasteiger partial charge is 0.487 e. The standard InChI is InChI=1S/C25H28N4O3S/c1-16-27-23-21(24(30)28-29(23)19-11-13-32-25(2,3)14-19)22(33-16)17-7-9-20(10-8-17)31-15-18-6-4-5-12-26-18/h4-10,12,19,22H,11,13-15H2,1-3H3,(H,28,30)/t19-,22-/m1/s1. The van der Waals surface area contributed by atoms with Gasteiger partial charge >= 0.3 is 0 Å². The van der Waals surface area contributed by atoms with Crippen molar-refractivity contribution in [1.29, 1.82) is 0 Å². The van der Waals surface area contributed by atoms with Crippen molar-refractivity contribution in [1.82, 2.24) is 14.8 Å². The first-order chi connectivity index (χ1) is 15.9. The monoisotopic (exact) mass is 464 g/mol. The Balaban J connectivity index is 1.40. The third-order valence-electron chi connectivity index (χ3n) is 6.08. The molecular weight excluding hydrogens is 436 g/mol. The van der Waals surface area contributed by atoms with E-state index in [0.29, 0.717) is 13.2 Å². The number of thioether (sulfide) groups is 1. The number of fused-ring (bicyclic) bond motifs is 1. The van der Waals surface area contributed by atoms with E-state index < -0.39 is 0 Å². The van der Waals surface area contributed by atoms with Crippen molar-refractivity contribution in [3.63, 3.8) is 0 Å². The van der Waals surface area contributed by atoms with E-state index in [-0.39, 0.29) is 22.5 Å². The van der Waals surface area contributed by atoms with Gasteiger partial charge in [0, 0.05) is 12.8 Å². The molecule has 0 unspecified atom stereocenters. The first kappa shape index (κ1) is 22.0. The highest BCUT2D eigenvalue weighted by Gasteiger charge is 2.35. The molecule has 1 fully saturated rings. The maximum Gasteiger partial charge on any atom is 0.271 e. The SMILES string of the molecule is CC1=Nc2c(c(=O)[nH]n2[C@@H]2CCOC(C)(C)C2)[C@@H](c2ccc(OCc3ccccn3)cc2)S1. The van der Waals surface area contributed by atoms with Crippen LogP contribution in [0.25, 0.3) is 0 Å². The van der Waals surface area contributed by atoms with Gasteiger partial charge < -0.3 is 9.47 Å². The molecule has 1 aromatic carbocycles. The number of aromatic amines is 1. The molecule has 2 aliphatic rings. The van der Waals surface area contributed by atoms with Gasteiger partial charge in [-0.15, -0.1) is 0 Å². The molecule has 3 aromatic rings. The Kier molecular flexibility index (Phi) is 5.88. The lowest BCUT2D eigenvalue weighted by molar-refractivity contribution is -0.0705. The number of nitrogens with one attached hydrogen (secondary N) is 1. The van der Waals surface area contributed by atoms with E-state index in [9.17, 15) is 4.79 Å². The first-order valence-corrected chi connectivity index (χ1v) is 12.1. The minimum atomic E-state index is -0.219. The Morgan fingerprint density at radius 1 is 1.24 bits per heavy atom. The van der Waals surface area contributed by atoms with Crippen LogP contribution in [-0.2, 0) is 11.3 Å². The number of aliphatic imine (C=N–C) groups is 1. The first-order valence-electron chi connectivity index (χ1n) is 11.2. The second kappa shape index (κ2) is 8.83. The van der Waals surface area contributed by atoms with E-state index in [2.05, 4.69) is 23.9 Å². The lowest BCUT2D eigenvalue weighted by Crippen LogP contribution is -2.35. The second-order valence-electron chi connectivity index (χ2n) is 9.11. The summed E-state index contributed by atoms with van der Waals surface area (Å²) >= 11 is 1.61. The van der Waals surface area contributed by atoms with Crippen LogP contribution in [0, 0.1) is 0 Å². The zero-order valence-corrected chi connectivity index (χ0v) is 19.9. The molecule has 0 bridgehead atoms. The van der Waals surface area contributed by atoms with Crippen LogP contribution >= 0.6 is 11.8 Å². The molecular formula is C25H28N4O3S. The predicted molar refractivity (Wildman–Crippen MR) is 131 cm³/mol. The summed E-state index contributed by atoms with van der Waals surface area (Å²) in [6, 6.07) is 13.9. The van der Waals surface area contributed by atoms with Crippen molar-refractivity contribution >= 4 is 22.6 Å². The average Bonchev–Trinajstić information content (AvgIpc) is 3.14. The number of rotatable bonds is 5. The van der Waals surface area contributed by atoms with Crippen molar-refractivity contribution in [2.24, 2.45) is 4.99 Å². The van der Waals surface area contributed by atoms with Crippen molar-refractivity contribution in [3.05, 3.63) is 75.8 Å². The Bertz CT molecular complexity index is 1210. The van der Waals surface area contributed by atoms with E-state index in [4.69, 9.17) is 14.5 Å². The minimum absolute atomic E-state index is 0.0708. The molecule has 7 nitrogen and oxygen atoms in total. The zero-order valence-electron chi connectivity index (χ0n) is 19.1. The summed E-state index contributed by atoms with van der Waals surface area (Å²) in [5.41, 5.74) is 2.36. The molecule has 1 N–H and O–H groups in total. The fourth-order valence-corrected chi connectivity index (χ4v) is 5.61. The number of hydrogen-bond acceptors (Lipinski definition) is 6. The summed E-state index contributed by atoms with van der Waals surface area (Å²) in [5, 5.41) is 3.92. The van der Waals surface area contributed by atoms with Crippen LogP contribution < -0.4 is 10.3 Å². The van der Waals surface area contributed by atoms with E-state index in [1.54, 1.807) is 18.0 Å². The quantitative estimate of drug-likeness (QED) is 0.564. The number of H-pyrrole nitrogens is 1. The number of hydrogen-bond donors (Lipinski definition) is 1. The Morgan fingerprint density at radius 2 is 2.06 bits per heavy atom. The number of ether oxygens (including phenoxy) is 2. The summed E-state index contributed by atoms with van der Waals surface area (Å²) in [6.45, 7) is 7.28. The molecule has 2 aliphatic heterocycles. The van der Waals surface area contributed by atoms with Crippen LogP contribution in [0.5, 0.6) is 5.75 Å². The fraction of sp³-hybridized carbons (Fsp3) is 0.400. The Morgan fingerprint density at radius 3 is 2.79 bits per heavy atom. The van der Waals surface area contributed by atoms with Gasteiger partial charge in [0.05, 0.1) is 33.2 Å². The van der Waals surface area contributed by atoms with Crippen LogP contribution in [0.15, 0.2) is 58.4 Å². The van der Waals surface area contributed by atoms with Crippen LogP contribution in [0.3, 0.4) is 0 Å². The Hall–Kier alpha value is -2.84. The highest BCUT2D eigenvalue weighted by Crippen LogP contribution is 2.45. The molecule has 0 saturated carbocycles. The maximum absolute atomic E-state index is 13.1. The lowest BCUT2D eigenvalue weighted by atomic mass is 9.94.